The number of halogens is 1. The van der Waals surface area contributed by atoms with E-state index in [9.17, 15) is 0 Å². The molecule has 0 atom stereocenters. The molecule has 3 N–H and O–H groups in total. The van der Waals surface area contributed by atoms with Gasteiger partial charge in [-0.15, -0.1) is 0 Å². The zero-order valence-electron chi connectivity index (χ0n) is 11.2. The van der Waals surface area contributed by atoms with E-state index in [1.165, 1.54) is 9.13 Å². The van der Waals surface area contributed by atoms with Crippen molar-refractivity contribution in [1.82, 2.24) is 4.57 Å². The van der Waals surface area contributed by atoms with E-state index < -0.39 is 0 Å². The Morgan fingerprint density at radius 3 is 2.62 bits per heavy atom. The number of hydrogen-bond donors (Lipinski definition) is 2. The van der Waals surface area contributed by atoms with E-state index in [1.807, 2.05) is 24.3 Å². The zero-order chi connectivity index (χ0) is 14.8. The zero-order valence-corrected chi connectivity index (χ0v) is 13.4. The first-order valence-electron chi connectivity index (χ1n) is 6.48. The molecular formula is C16H14IN3O. The molecule has 1 heterocycles. The Balaban J connectivity index is 1.95. The molecule has 0 aliphatic carbocycles. The third kappa shape index (κ3) is 2.87. The number of aromatic nitrogens is 1. The molecule has 0 aliphatic heterocycles. The second-order valence-electron chi connectivity index (χ2n) is 4.83. The van der Waals surface area contributed by atoms with E-state index >= 15 is 0 Å². The van der Waals surface area contributed by atoms with Crippen molar-refractivity contribution >= 4 is 39.3 Å². The van der Waals surface area contributed by atoms with E-state index in [2.05, 4.69) is 62.8 Å². The molecule has 21 heavy (non-hydrogen) atoms. The number of oxime groups is 1. The van der Waals surface area contributed by atoms with Crippen LogP contribution >= 0.6 is 22.6 Å². The molecule has 4 nitrogen and oxygen atoms in total. The van der Waals surface area contributed by atoms with Crippen molar-refractivity contribution in [3.05, 3.63) is 69.4 Å². The largest absolute Gasteiger partial charge is 0.409 e. The van der Waals surface area contributed by atoms with Crippen LogP contribution in [-0.4, -0.2) is 15.6 Å². The molecule has 106 valence electrons. The van der Waals surface area contributed by atoms with Crippen LogP contribution in [0.5, 0.6) is 0 Å². The summed E-state index contributed by atoms with van der Waals surface area (Å²) < 4.78 is 3.42. The maximum Gasteiger partial charge on any atom is 0.170 e. The fraction of sp³-hybridized carbons (Fsp3) is 0.0625. The molecule has 0 aliphatic rings. The number of nitrogens with two attached hydrogens (primary N) is 1. The summed E-state index contributed by atoms with van der Waals surface area (Å²) in [5, 5.41) is 12.8. The first kappa shape index (κ1) is 13.9. The second-order valence-corrected chi connectivity index (χ2v) is 6.07. The monoisotopic (exact) mass is 391 g/mol. The minimum Gasteiger partial charge on any atom is -0.409 e. The molecule has 3 aromatic rings. The van der Waals surface area contributed by atoms with Crippen molar-refractivity contribution in [2.24, 2.45) is 10.9 Å². The van der Waals surface area contributed by atoms with Crippen LogP contribution in [0.2, 0.25) is 0 Å². The number of fused-ring (bicyclic) bond motifs is 1. The van der Waals surface area contributed by atoms with Crippen molar-refractivity contribution in [1.29, 1.82) is 0 Å². The maximum absolute atomic E-state index is 8.74. The van der Waals surface area contributed by atoms with Crippen molar-refractivity contribution in [3.63, 3.8) is 0 Å². The van der Waals surface area contributed by atoms with Crippen molar-refractivity contribution in [3.8, 4) is 0 Å². The van der Waals surface area contributed by atoms with Gasteiger partial charge in [-0.3, -0.25) is 0 Å². The standard InChI is InChI=1S/C16H14IN3O/c17-14-4-1-11(2-5-14)10-20-8-7-12-9-13(16(18)19-21)3-6-15(12)20/h1-9,21H,10H2,(H2,18,19). The number of rotatable bonds is 3. The topological polar surface area (TPSA) is 63.5 Å². The second kappa shape index (κ2) is 5.77. The first-order chi connectivity index (χ1) is 10.2. The lowest BCUT2D eigenvalue weighted by atomic mass is 10.1. The Labute approximate surface area is 136 Å². The van der Waals surface area contributed by atoms with Gasteiger partial charge in [0.15, 0.2) is 5.84 Å². The molecule has 0 saturated carbocycles. The van der Waals surface area contributed by atoms with Gasteiger partial charge in [0, 0.05) is 32.8 Å². The maximum atomic E-state index is 8.74. The summed E-state index contributed by atoms with van der Waals surface area (Å²) in [5.74, 6) is 0.127. The SMILES string of the molecule is N/C(=N/O)c1ccc2c(ccn2Cc2ccc(I)cc2)c1. The number of hydrogen-bond acceptors (Lipinski definition) is 2. The van der Waals surface area contributed by atoms with Gasteiger partial charge in [-0.2, -0.15) is 0 Å². The molecule has 0 radical (unpaired) electrons. The highest BCUT2D eigenvalue weighted by molar-refractivity contribution is 14.1. The molecule has 0 fully saturated rings. The third-order valence-electron chi connectivity index (χ3n) is 3.44. The van der Waals surface area contributed by atoms with E-state index in [4.69, 9.17) is 10.9 Å². The lowest BCUT2D eigenvalue weighted by Crippen LogP contribution is -2.12. The highest BCUT2D eigenvalue weighted by atomic mass is 127. The van der Waals surface area contributed by atoms with Gasteiger partial charge in [0.05, 0.1) is 0 Å². The molecule has 0 amide bonds. The van der Waals surface area contributed by atoms with Crippen LogP contribution in [0.15, 0.2) is 59.9 Å². The smallest absolute Gasteiger partial charge is 0.170 e. The van der Waals surface area contributed by atoms with Crippen LogP contribution in [0.1, 0.15) is 11.1 Å². The average molecular weight is 391 g/mol. The lowest BCUT2D eigenvalue weighted by molar-refractivity contribution is 0.318. The molecular weight excluding hydrogens is 377 g/mol. The molecule has 5 heteroatoms. The van der Waals surface area contributed by atoms with Gasteiger partial charge in [-0.05, 0) is 64.6 Å². The summed E-state index contributed by atoms with van der Waals surface area (Å²) in [7, 11) is 0. The molecule has 1 aromatic heterocycles. The van der Waals surface area contributed by atoms with Crippen LogP contribution < -0.4 is 5.73 Å². The molecule has 3 rings (SSSR count). The normalized spacial score (nSPS) is 12.0. The predicted octanol–water partition coefficient (Wildman–Crippen LogP) is 3.39. The molecule has 0 saturated heterocycles. The van der Waals surface area contributed by atoms with Gasteiger partial charge >= 0.3 is 0 Å². The fourth-order valence-corrected chi connectivity index (χ4v) is 2.70. The van der Waals surface area contributed by atoms with Gasteiger partial charge < -0.3 is 15.5 Å². The van der Waals surface area contributed by atoms with E-state index in [0.717, 1.165) is 23.0 Å². The molecule has 0 unspecified atom stereocenters. The Morgan fingerprint density at radius 1 is 1.14 bits per heavy atom. The summed E-state index contributed by atoms with van der Waals surface area (Å²) >= 11 is 2.30. The van der Waals surface area contributed by atoms with Crippen LogP contribution in [0.3, 0.4) is 0 Å². The average Bonchev–Trinajstić information content (AvgIpc) is 2.91. The first-order valence-corrected chi connectivity index (χ1v) is 7.56. The summed E-state index contributed by atoms with van der Waals surface area (Å²) in [6.45, 7) is 0.823. The van der Waals surface area contributed by atoms with Gasteiger partial charge in [0.1, 0.15) is 0 Å². The molecule has 0 bridgehead atoms. The van der Waals surface area contributed by atoms with Crippen LogP contribution in [-0.2, 0) is 6.54 Å². The van der Waals surface area contributed by atoms with Gasteiger partial charge in [0.25, 0.3) is 0 Å². The Hall–Kier alpha value is -2.02. The van der Waals surface area contributed by atoms with Crippen molar-refractivity contribution in [2.45, 2.75) is 6.54 Å². The number of nitrogens with zero attached hydrogens (tertiary/aromatic N) is 2. The lowest BCUT2D eigenvalue weighted by Gasteiger charge is -2.07. The van der Waals surface area contributed by atoms with Gasteiger partial charge in [-0.25, -0.2) is 0 Å². The minimum atomic E-state index is 0.127. The van der Waals surface area contributed by atoms with Crippen molar-refractivity contribution in [2.75, 3.05) is 0 Å². The Morgan fingerprint density at radius 2 is 1.90 bits per heavy atom. The molecule has 2 aromatic carbocycles. The third-order valence-corrected chi connectivity index (χ3v) is 4.16. The van der Waals surface area contributed by atoms with Crippen molar-refractivity contribution < 1.29 is 5.21 Å². The van der Waals surface area contributed by atoms with Crippen LogP contribution in [0.4, 0.5) is 0 Å². The Kier molecular flexibility index (Phi) is 3.83. The van der Waals surface area contributed by atoms with Gasteiger partial charge in [-0.1, -0.05) is 17.3 Å². The van der Waals surface area contributed by atoms with Gasteiger partial charge in [0.2, 0.25) is 0 Å². The van der Waals surface area contributed by atoms with Crippen LogP contribution in [0, 0.1) is 3.57 Å². The summed E-state index contributed by atoms with van der Waals surface area (Å²) in [6.07, 6.45) is 2.05. The minimum absolute atomic E-state index is 0.127. The number of amidine groups is 1. The molecule has 0 spiro atoms. The predicted molar refractivity (Wildman–Crippen MR) is 92.7 cm³/mol. The van der Waals surface area contributed by atoms with E-state index in [-0.39, 0.29) is 5.84 Å². The van der Waals surface area contributed by atoms with E-state index in [1.54, 1.807) is 0 Å². The summed E-state index contributed by atoms with van der Waals surface area (Å²) in [5.41, 5.74) is 8.73. The van der Waals surface area contributed by atoms with E-state index in [0.29, 0.717) is 0 Å². The summed E-state index contributed by atoms with van der Waals surface area (Å²) in [6, 6.07) is 16.3. The highest BCUT2D eigenvalue weighted by Gasteiger charge is 2.05. The summed E-state index contributed by atoms with van der Waals surface area (Å²) in [4.78, 5) is 0. The fourth-order valence-electron chi connectivity index (χ4n) is 2.34. The Bertz CT molecular complexity index is 806. The number of benzene rings is 2. The van der Waals surface area contributed by atoms with Crippen LogP contribution in [0.25, 0.3) is 10.9 Å². The highest BCUT2D eigenvalue weighted by Crippen LogP contribution is 2.19. The quantitative estimate of drug-likeness (QED) is 0.236.